The summed E-state index contributed by atoms with van der Waals surface area (Å²) in [5.74, 6) is 0.458. The summed E-state index contributed by atoms with van der Waals surface area (Å²) < 4.78 is 5.86. The van der Waals surface area contributed by atoms with Gasteiger partial charge >= 0.3 is 6.03 Å². The summed E-state index contributed by atoms with van der Waals surface area (Å²) in [5, 5.41) is 5.98. The smallest absolute Gasteiger partial charge is 0.315 e. The van der Waals surface area contributed by atoms with Gasteiger partial charge in [-0.1, -0.05) is 13.8 Å². The third kappa shape index (κ3) is 4.90. The van der Waals surface area contributed by atoms with Gasteiger partial charge in [-0.15, -0.1) is 0 Å². The van der Waals surface area contributed by atoms with Crippen molar-refractivity contribution in [1.29, 1.82) is 0 Å². The van der Waals surface area contributed by atoms with Gasteiger partial charge in [0.1, 0.15) is 11.7 Å². The number of pyridine rings is 1. The van der Waals surface area contributed by atoms with Crippen LogP contribution in [0.5, 0.6) is 5.88 Å². The molecule has 1 aromatic rings. The van der Waals surface area contributed by atoms with Crippen LogP contribution in [0.3, 0.4) is 0 Å². The van der Waals surface area contributed by atoms with E-state index in [1.54, 1.807) is 18.3 Å². The highest BCUT2D eigenvalue weighted by molar-refractivity contribution is 5.94. The molecular weight excluding hydrogens is 344 g/mol. The number of primary amides is 1. The molecule has 0 aliphatic heterocycles. The first kappa shape index (κ1) is 19.5. The fourth-order valence-corrected chi connectivity index (χ4v) is 4.19. The van der Waals surface area contributed by atoms with E-state index in [1.807, 2.05) is 0 Å². The van der Waals surface area contributed by atoms with Gasteiger partial charge in [0.25, 0.3) is 5.91 Å². The molecule has 0 bridgehead atoms. The van der Waals surface area contributed by atoms with Crippen molar-refractivity contribution in [3.05, 3.63) is 23.9 Å². The van der Waals surface area contributed by atoms with E-state index in [9.17, 15) is 9.59 Å². The summed E-state index contributed by atoms with van der Waals surface area (Å²) >= 11 is 0. The van der Waals surface area contributed by atoms with Gasteiger partial charge < -0.3 is 21.1 Å². The van der Waals surface area contributed by atoms with E-state index >= 15 is 0 Å². The van der Waals surface area contributed by atoms with Crippen LogP contribution in [0.1, 0.15) is 62.7 Å². The summed E-state index contributed by atoms with van der Waals surface area (Å²) in [4.78, 5) is 27.5. The quantitative estimate of drug-likeness (QED) is 0.608. The molecular formula is C20H30N4O3. The Kier molecular flexibility index (Phi) is 5.87. The maximum absolute atomic E-state index is 11.9. The largest absolute Gasteiger partial charge is 0.474 e. The minimum absolute atomic E-state index is 0.0591. The van der Waals surface area contributed by atoms with E-state index in [2.05, 4.69) is 29.5 Å². The average molecular weight is 374 g/mol. The molecule has 27 heavy (non-hydrogen) atoms. The second-order valence-electron chi connectivity index (χ2n) is 8.41. The van der Waals surface area contributed by atoms with Crippen LogP contribution in [-0.4, -0.2) is 35.6 Å². The van der Waals surface area contributed by atoms with Gasteiger partial charge in [0.2, 0.25) is 5.88 Å². The zero-order valence-electron chi connectivity index (χ0n) is 16.2. The second kappa shape index (κ2) is 8.15. The highest BCUT2D eigenvalue weighted by atomic mass is 16.5. The molecule has 4 N–H and O–H groups in total. The van der Waals surface area contributed by atoms with E-state index in [4.69, 9.17) is 10.5 Å². The number of rotatable bonds is 8. The highest BCUT2D eigenvalue weighted by Crippen LogP contribution is 2.56. The van der Waals surface area contributed by atoms with Gasteiger partial charge in [-0.3, -0.25) is 4.79 Å². The Labute approximate surface area is 160 Å². The molecule has 7 nitrogen and oxygen atoms in total. The van der Waals surface area contributed by atoms with E-state index < -0.39 is 5.91 Å². The summed E-state index contributed by atoms with van der Waals surface area (Å²) in [5.41, 5.74) is 5.94. The molecule has 7 heteroatoms. The average Bonchev–Trinajstić information content (AvgIpc) is 2.55. The lowest BCUT2D eigenvalue weighted by atomic mass is 9.53. The molecule has 0 atom stereocenters. The predicted molar refractivity (Wildman–Crippen MR) is 102 cm³/mol. The van der Waals surface area contributed by atoms with Crippen molar-refractivity contribution in [3.63, 3.8) is 0 Å². The van der Waals surface area contributed by atoms with Crippen LogP contribution in [0, 0.1) is 11.3 Å². The van der Waals surface area contributed by atoms with Crippen molar-refractivity contribution in [2.75, 3.05) is 6.54 Å². The first-order valence-electron chi connectivity index (χ1n) is 9.83. The lowest BCUT2D eigenvalue weighted by molar-refractivity contribution is -0.0843. The topological polar surface area (TPSA) is 106 Å². The monoisotopic (exact) mass is 374 g/mol. The summed E-state index contributed by atoms with van der Waals surface area (Å²) in [6, 6.07) is 3.48. The van der Waals surface area contributed by atoms with E-state index in [-0.39, 0.29) is 23.6 Å². The van der Waals surface area contributed by atoms with Crippen molar-refractivity contribution in [3.8, 4) is 5.88 Å². The molecule has 1 heterocycles. The standard InChI is InChI=1S/C20H30N4O3/c1-13(2)5-3-8-23-19(26)24-14-9-20(10-14)11-15(12-20)27-18-16(17(21)25)6-4-7-22-18/h4,6-7,13-15H,3,5,8-12H2,1-2H3,(H2,21,25)(H2,23,24,26). The molecule has 2 aliphatic rings. The van der Waals surface area contributed by atoms with Crippen molar-refractivity contribution < 1.29 is 14.3 Å². The van der Waals surface area contributed by atoms with Crippen molar-refractivity contribution in [2.45, 2.75) is 64.5 Å². The zero-order chi connectivity index (χ0) is 19.4. The van der Waals surface area contributed by atoms with Gasteiger partial charge in [-0.25, -0.2) is 9.78 Å². The predicted octanol–water partition coefficient (Wildman–Crippen LogP) is 2.61. The number of hydrogen-bond donors (Lipinski definition) is 3. The molecule has 2 fully saturated rings. The first-order valence-corrected chi connectivity index (χ1v) is 9.83. The minimum atomic E-state index is -0.528. The van der Waals surface area contributed by atoms with Crippen molar-refractivity contribution >= 4 is 11.9 Å². The number of aromatic nitrogens is 1. The minimum Gasteiger partial charge on any atom is -0.474 e. The number of nitrogens with one attached hydrogen (secondary N) is 2. The fourth-order valence-electron chi connectivity index (χ4n) is 4.19. The number of nitrogens with zero attached hydrogens (tertiary/aromatic N) is 1. The maximum atomic E-state index is 11.9. The SMILES string of the molecule is CC(C)CCCNC(=O)NC1CC2(C1)CC(Oc1ncccc1C(N)=O)C2. The molecule has 0 unspecified atom stereocenters. The van der Waals surface area contributed by atoms with Crippen LogP contribution >= 0.6 is 0 Å². The number of hydrogen-bond acceptors (Lipinski definition) is 4. The van der Waals surface area contributed by atoms with Crippen LogP contribution in [0.2, 0.25) is 0 Å². The molecule has 3 rings (SSSR count). The Hall–Kier alpha value is -2.31. The van der Waals surface area contributed by atoms with Gasteiger partial charge in [0, 0.05) is 18.8 Å². The first-order chi connectivity index (χ1) is 12.9. The van der Waals surface area contributed by atoms with Gasteiger partial charge in [-0.2, -0.15) is 0 Å². The highest BCUT2D eigenvalue weighted by Gasteiger charge is 2.54. The number of ether oxygens (including phenoxy) is 1. The normalized spacial score (nSPS) is 26.2. The number of nitrogens with two attached hydrogens (primary N) is 1. The Bertz CT molecular complexity index is 678. The van der Waals surface area contributed by atoms with Crippen molar-refractivity contribution in [2.24, 2.45) is 17.1 Å². The molecule has 0 radical (unpaired) electrons. The second-order valence-corrected chi connectivity index (χ2v) is 8.41. The van der Waals surface area contributed by atoms with Crippen molar-refractivity contribution in [1.82, 2.24) is 15.6 Å². The number of urea groups is 1. The molecule has 0 saturated heterocycles. The number of carbonyl (C=O) groups excluding carboxylic acids is 2. The van der Waals surface area contributed by atoms with Crippen LogP contribution in [0.15, 0.2) is 18.3 Å². The van der Waals surface area contributed by atoms with Crippen LogP contribution in [0.4, 0.5) is 4.79 Å². The molecule has 0 aromatic carbocycles. The summed E-state index contributed by atoms with van der Waals surface area (Å²) in [6.45, 7) is 5.10. The zero-order valence-corrected chi connectivity index (χ0v) is 16.2. The van der Waals surface area contributed by atoms with E-state index in [0.717, 1.165) is 45.1 Å². The molecule has 2 aliphatic carbocycles. The Balaban J connectivity index is 1.34. The Morgan fingerprint density at radius 3 is 2.74 bits per heavy atom. The Morgan fingerprint density at radius 2 is 2.07 bits per heavy atom. The Morgan fingerprint density at radius 1 is 1.33 bits per heavy atom. The molecule has 1 spiro atoms. The van der Waals surface area contributed by atoms with Crippen LogP contribution in [-0.2, 0) is 0 Å². The molecule has 2 saturated carbocycles. The lowest BCUT2D eigenvalue weighted by Gasteiger charge is -2.57. The maximum Gasteiger partial charge on any atom is 0.315 e. The van der Waals surface area contributed by atoms with Gasteiger partial charge in [0.15, 0.2) is 0 Å². The summed E-state index contributed by atoms with van der Waals surface area (Å²) in [7, 11) is 0. The molecule has 1 aromatic heterocycles. The van der Waals surface area contributed by atoms with Gasteiger partial charge in [0.05, 0.1) is 0 Å². The van der Waals surface area contributed by atoms with Crippen LogP contribution < -0.4 is 21.1 Å². The molecule has 3 amide bonds. The van der Waals surface area contributed by atoms with Crippen LogP contribution in [0.25, 0.3) is 0 Å². The lowest BCUT2D eigenvalue weighted by Crippen LogP contribution is -2.59. The third-order valence-electron chi connectivity index (χ3n) is 5.57. The fraction of sp³-hybridized carbons (Fsp3) is 0.650. The summed E-state index contributed by atoms with van der Waals surface area (Å²) in [6.07, 6.45) is 7.62. The van der Waals surface area contributed by atoms with E-state index in [1.165, 1.54) is 0 Å². The number of amides is 3. The number of carbonyl (C=O) groups is 2. The molecule has 148 valence electrons. The van der Waals surface area contributed by atoms with E-state index in [0.29, 0.717) is 17.4 Å². The third-order valence-corrected chi connectivity index (χ3v) is 5.57. The van der Waals surface area contributed by atoms with Gasteiger partial charge in [-0.05, 0) is 62.0 Å².